The molecule has 7 nitrogen and oxygen atoms in total. The summed E-state index contributed by atoms with van der Waals surface area (Å²) in [7, 11) is 1.58. The molecule has 3 aromatic rings. The van der Waals surface area contributed by atoms with Crippen LogP contribution in [0.3, 0.4) is 0 Å². The minimum absolute atomic E-state index is 0.113. The zero-order valence-electron chi connectivity index (χ0n) is 16.4. The fourth-order valence-corrected chi connectivity index (χ4v) is 3.41. The molecule has 2 aromatic carbocycles. The largest absolute Gasteiger partial charge is 0.495 e. The van der Waals surface area contributed by atoms with Crippen molar-refractivity contribution in [2.24, 2.45) is 0 Å². The summed E-state index contributed by atoms with van der Waals surface area (Å²) < 4.78 is 12.5. The number of rotatable bonds is 6. The molecule has 1 aliphatic heterocycles. The number of nitrogens with zero attached hydrogens (tertiary/aromatic N) is 3. The van der Waals surface area contributed by atoms with Gasteiger partial charge >= 0.3 is 0 Å². The second-order valence-corrected chi connectivity index (χ2v) is 6.78. The first-order valence-corrected chi connectivity index (χ1v) is 9.63. The first-order chi connectivity index (χ1) is 14.2. The molecule has 150 valence electrons. The smallest absolute Gasteiger partial charge is 0.246 e. The van der Waals surface area contributed by atoms with Gasteiger partial charge in [-0.05, 0) is 17.7 Å². The van der Waals surface area contributed by atoms with E-state index in [1.54, 1.807) is 11.8 Å². The lowest BCUT2D eigenvalue weighted by Gasteiger charge is -2.27. The Morgan fingerprint density at radius 2 is 1.83 bits per heavy atom. The predicted molar refractivity (Wildman–Crippen MR) is 112 cm³/mol. The van der Waals surface area contributed by atoms with Crippen molar-refractivity contribution in [2.45, 2.75) is 6.54 Å². The highest BCUT2D eigenvalue weighted by Gasteiger charge is 2.20. The number of aromatic nitrogens is 2. The molecular formula is C22H24N4O3. The van der Waals surface area contributed by atoms with Crippen molar-refractivity contribution in [2.75, 3.05) is 43.6 Å². The number of carbonyl (C=O) groups excluding carboxylic acids is 1. The van der Waals surface area contributed by atoms with Crippen molar-refractivity contribution in [3.05, 3.63) is 60.8 Å². The van der Waals surface area contributed by atoms with Crippen molar-refractivity contribution in [3.63, 3.8) is 0 Å². The molecule has 0 unspecified atom stereocenters. The molecule has 7 heteroatoms. The van der Waals surface area contributed by atoms with Crippen LogP contribution in [0.15, 0.2) is 60.8 Å². The Bertz CT molecular complexity index is 965. The Kier molecular flexibility index (Phi) is 5.76. The average molecular weight is 392 g/mol. The van der Waals surface area contributed by atoms with E-state index >= 15 is 0 Å². The number of para-hydroxylation sites is 2. The van der Waals surface area contributed by atoms with Crippen LogP contribution < -0.4 is 15.0 Å². The number of hydrogen-bond donors (Lipinski definition) is 1. The summed E-state index contributed by atoms with van der Waals surface area (Å²) in [5.41, 5.74) is 2.73. The van der Waals surface area contributed by atoms with E-state index in [0.29, 0.717) is 24.7 Å². The number of anilines is 2. The minimum Gasteiger partial charge on any atom is -0.495 e. The Hall–Kier alpha value is -3.32. The van der Waals surface area contributed by atoms with E-state index in [1.807, 2.05) is 48.7 Å². The lowest BCUT2D eigenvalue weighted by atomic mass is 10.1. The summed E-state index contributed by atoms with van der Waals surface area (Å²) in [6.45, 7) is 3.03. The fourth-order valence-electron chi connectivity index (χ4n) is 3.41. The molecule has 0 atom stereocenters. The van der Waals surface area contributed by atoms with Crippen LogP contribution in [0, 0.1) is 0 Å². The topological polar surface area (TPSA) is 68.6 Å². The number of hydrogen-bond acceptors (Lipinski definition) is 5. The Morgan fingerprint density at radius 1 is 1.10 bits per heavy atom. The molecule has 1 fully saturated rings. The molecule has 0 saturated carbocycles. The average Bonchev–Trinajstić information content (AvgIpc) is 3.19. The lowest BCUT2D eigenvalue weighted by molar-refractivity contribution is -0.116. The predicted octanol–water partition coefficient (Wildman–Crippen LogP) is 3.03. The molecule has 1 aliphatic rings. The summed E-state index contributed by atoms with van der Waals surface area (Å²) in [6, 6.07) is 17.5. The Labute approximate surface area is 169 Å². The van der Waals surface area contributed by atoms with Crippen LogP contribution >= 0.6 is 0 Å². The normalized spacial score (nSPS) is 13.9. The van der Waals surface area contributed by atoms with Crippen molar-refractivity contribution >= 4 is 17.4 Å². The Balaban J connectivity index is 1.57. The summed E-state index contributed by atoms with van der Waals surface area (Å²) in [4.78, 5) is 14.8. The monoisotopic (exact) mass is 392 g/mol. The fraction of sp³-hybridized carbons (Fsp3) is 0.273. The second kappa shape index (κ2) is 8.79. The quantitative estimate of drug-likeness (QED) is 0.698. The molecule has 1 amide bonds. The number of nitrogens with one attached hydrogen (secondary N) is 1. The number of methoxy groups -OCH3 is 1. The van der Waals surface area contributed by atoms with Crippen LogP contribution in [0.2, 0.25) is 0 Å². The Morgan fingerprint density at radius 3 is 2.59 bits per heavy atom. The van der Waals surface area contributed by atoms with Gasteiger partial charge in [0, 0.05) is 24.8 Å². The second-order valence-electron chi connectivity index (χ2n) is 6.78. The van der Waals surface area contributed by atoms with E-state index in [9.17, 15) is 4.79 Å². The third kappa shape index (κ3) is 4.41. The van der Waals surface area contributed by atoms with Crippen LogP contribution in [-0.4, -0.2) is 49.1 Å². The van der Waals surface area contributed by atoms with Gasteiger partial charge in [-0.2, -0.15) is 5.10 Å². The van der Waals surface area contributed by atoms with E-state index in [2.05, 4.69) is 22.3 Å². The van der Waals surface area contributed by atoms with Crippen LogP contribution in [0.25, 0.3) is 11.1 Å². The van der Waals surface area contributed by atoms with Gasteiger partial charge in [-0.15, -0.1) is 0 Å². The van der Waals surface area contributed by atoms with E-state index in [0.717, 1.165) is 30.0 Å². The van der Waals surface area contributed by atoms with Gasteiger partial charge in [0.25, 0.3) is 0 Å². The molecule has 0 spiro atoms. The highest BCUT2D eigenvalue weighted by Crippen LogP contribution is 2.30. The highest BCUT2D eigenvalue weighted by atomic mass is 16.5. The molecule has 0 bridgehead atoms. The number of carbonyl (C=O) groups is 1. The maximum atomic E-state index is 12.6. The van der Waals surface area contributed by atoms with Gasteiger partial charge < -0.3 is 19.7 Å². The first-order valence-electron chi connectivity index (χ1n) is 9.63. The summed E-state index contributed by atoms with van der Waals surface area (Å²) in [6.07, 6.45) is 1.93. The molecule has 29 heavy (non-hydrogen) atoms. The number of amides is 1. The van der Waals surface area contributed by atoms with E-state index in [4.69, 9.17) is 14.6 Å². The van der Waals surface area contributed by atoms with Crippen molar-refractivity contribution in [1.29, 1.82) is 0 Å². The number of benzene rings is 2. The van der Waals surface area contributed by atoms with E-state index in [1.165, 1.54) is 0 Å². The van der Waals surface area contributed by atoms with Gasteiger partial charge in [0.15, 0.2) is 5.82 Å². The van der Waals surface area contributed by atoms with Crippen LogP contribution in [0.5, 0.6) is 5.75 Å². The first kappa shape index (κ1) is 19.0. The molecular weight excluding hydrogens is 368 g/mol. The number of ether oxygens (including phenoxy) is 2. The molecule has 0 radical (unpaired) electrons. The highest BCUT2D eigenvalue weighted by molar-refractivity contribution is 5.92. The SMILES string of the molecule is COc1ccccc1NC(=O)Cn1cc(-c2ccccc2)c(N2CCOCC2)n1. The maximum Gasteiger partial charge on any atom is 0.246 e. The van der Waals surface area contributed by atoms with Crippen molar-refractivity contribution < 1.29 is 14.3 Å². The zero-order valence-corrected chi connectivity index (χ0v) is 16.4. The molecule has 1 saturated heterocycles. The third-order valence-corrected chi connectivity index (χ3v) is 4.82. The summed E-state index contributed by atoms with van der Waals surface area (Å²) in [5, 5.41) is 7.63. The van der Waals surface area contributed by atoms with Crippen LogP contribution in [-0.2, 0) is 16.1 Å². The van der Waals surface area contributed by atoms with Gasteiger partial charge in [0.2, 0.25) is 5.91 Å². The molecule has 1 aromatic heterocycles. The summed E-state index contributed by atoms with van der Waals surface area (Å²) >= 11 is 0. The molecule has 1 N–H and O–H groups in total. The van der Waals surface area contributed by atoms with Gasteiger partial charge in [-0.3, -0.25) is 9.48 Å². The van der Waals surface area contributed by atoms with E-state index in [-0.39, 0.29) is 12.5 Å². The minimum atomic E-state index is -0.162. The van der Waals surface area contributed by atoms with Gasteiger partial charge in [-0.25, -0.2) is 0 Å². The van der Waals surface area contributed by atoms with Crippen molar-refractivity contribution in [1.82, 2.24) is 9.78 Å². The molecule has 0 aliphatic carbocycles. The standard InChI is InChI=1S/C22H24N4O3/c1-28-20-10-6-5-9-19(20)23-21(27)16-26-15-18(17-7-3-2-4-8-17)22(24-26)25-11-13-29-14-12-25/h2-10,15H,11-14,16H2,1H3,(H,23,27). The van der Waals surface area contributed by atoms with Gasteiger partial charge in [0.05, 0.1) is 26.0 Å². The van der Waals surface area contributed by atoms with Crippen LogP contribution in [0.1, 0.15) is 0 Å². The maximum absolute atomic E-state index is 12.6. The molecule has 2 heterocycles. The third-order valence-electron chi connectivity index (χ3n) is 4.82. The van der Waals surface area contributed by atoms with Gasteiger partial charge in [-0.1, -0.05) is 42.5 Å². The zero-order chi connectivity index (χ0) is 20.1. The van der Waals surface area contributed by atoms with Crippen LogP contribution in [0.4, 0.5) is 11.5 Å². The summed E-state index contributed by atoms with van der Waals surface area (Å²) in [5.74, 6) is 1.34. The van der Waals surface area contributed by atoms with E-state index < -0.39 is 0 Å². The number of morpholine rings is 1. The van der Waals surface area contributed by atoms with Gasteiger partial charge in [0.1, 0.15) is 12.3 Å². The lowest BCUT2D eigenvalue weighted by Crippen LogP contribution is -2.36. The van der Waals surface area contributed by atoms with Crippen molar-refractivity contribution in [3.8, 4) is 16.9 Å². The molecule has 4 rings (SSSR count).